The summed E-state index contributed by atoms with van der Waals surface area (Å²) < 4.78 is 0.990. The summed E-state index contributed by atoms with van der Waals surface area (Å²) in [6, 6.07) is 5.38. The fourth-order valence-corrected chi connectivity index (χ4v) is 2.42. The Morgan fingerprint density at radius 3 is 2.78 bits per heavy atom. The molecule has 98 valence electrons. The summed E-state index contributed by atoms with van der Waals surface area (Å²) in [6.45, 7) is 3.13. The zero-order valence-electron chi connectivity index (χ0n) is 10.5. The van der Waals surface area contributed by atoms with Gasteiger partial charge in [-0.15, -0.1) is 0 Å². The summed E-state index contributed by atoms with van der Waals surface area (Å²) in [6.07, 6.45) is -0.490. The third-order valence-corrected chi connectivity index (χ3v) is 4.26. The van der Waals surface area contributed by atoms with Crippen LogP contribution in [0.15, 0.2) is 22.7 Å². The van der Waals surface area contributed by atoms with E-state index >= 15 is 0 Å². The predicted molar refractivity (Wildman–Crippen MR) is 73.6 cm³/mol. The maximum Gasteiger partial charge on any atom is 0.253 e. The summed E-state index contributed by atoms with van der Waals surface area (Å²) in [7, 11) is 1.74. The zero-order valence-corrected chi connectivity index (χ0v) is 12.1. The summed E-state index contributed by atoms with van der Waals surface area (Å²) in [5, 5.41) is 12.9. The van der Waals surface area contributed by atoms with Crippen molar-refractivity contribution in [3.63, 3.8) is 0 Å². The third-order valence-electron chi connectivity index (χ3n) is 3.37. The SMILES string of the molecule is Cc1cc(C(=O)N(C)[C@H]2CNC[C@@H]2O)ccc1Br. The lowest BCUT2D eigenvalue weighted by Crippen LogP contribution is -2.44. The highest BCUT2D eigenvalue weighted by molar-refractivity contribution is 9.10. The van der Waals surface area contributed by atoms with Gasteiger partial charge in [-0.05, 0) is 30.7 Å². The van der Waals surface area contributed by atoms with Crippen molar-refractivity contribution >= 4 is 21.8 Å². The van der Waals surface area contributed by atoms with Crippen LogP contribution in [0.25, 0.3) is 0 Å². The molecule has 2 rings (SSSR count). The Bertz CT molecular complexity index is 464. The lowest BCUT2D eigenvalue weighted by Gasteiger charge is -2.26. The van der Waals surface area contributed by atoms with Gasteiger partial charge in [-0.1, -0.05) is 15.9 Å². The molecule has 1 aliphatic rings. The predicted octanol–water partition coefficient (Wildman–Crippen LogP) is 1.16. The molecule has 0 saturated carbocycles. The molecule has 2 atom stereocenters. The molecule has 1 aromatic carbocycles. The molecule has 0 unspecified atom stereocenters. The van der Waals surface area contributed by atoms with Gasteiger partial charge in [0.15, 0.2) is 0 Å². The number of aliphatic hydroxyl groups excluding tert-OH is 1. The molecule has 2 N–H and O–H groups in total. The number of amides is 1. The fraction of sp³-hybridized carbons (Fsp3) is 0.462. The van der Waals surface area contributed by atoms with E-state index in [9.17, 15) is 9.90 Å². The number of benzene rings is 1. The number of carbonyl (C=O) groups excluding carboxylic acids is 1. The van der Waals surface area contributed by atoms with E-state index in [4.69, 9.17) is 0 Å². The van der Waals surface area contributed by atoms with Crippen molar-refractivity contribution in [3.8, 4) is 0 Å². The molecule has 0 bridgehead atoms. The first kappa shape index (κ1) is 13.5. The van der Waals surface area contributed by atoms with E-state index < -0.39 is 6.10 Å². The van der Waals surface area contributed by atoms with Gasteiger partial charge in [-0.2, -0.15) is 0 Å². The summed E-state index contributed by atoms with van der Waals surface area (Å²) in [4.78, 5) is 13.9. The van der Waals surface area contributed by atoms with Crippen LogP contribution in [0.2, 0.25) is 0 Å². The number of hydrogen-bond acceptors (Lipinski definition) is 3. The molecular formula is C13H17BrN2O2. The first-order valence-electron chi connectivity index (χ1n) is 5.93. The number of halogens is 1. The van der Waals surface area contributed by atoms with Gasteiger partial charge < -0.3 is 15.3 Å². The summed E-state index contributed by atoms with van der Waals surface area (Å²) in [5.74, 6) is -0.0571. The van der Waals surface area contributed by atoms with Gasteiger partial charge in [-0.25, -0.2) is 0 Å². The van der Waals surface area contributed by atoms with Crippen LogP contribution in [0, 0.1) is 6.92 Å². The second kappa shape index (κ2) is 5.38. The Labute approximate surface area is 115 Å². The number of hydrogen-bond donors (Lipinski definition) is 2. The van der Waals surface area contributed by atoms with Crippen LogP contribution in [-0.4, -0.2) is 48.2 Å². The molecule has 1 amide bonds. The van der Waals surface area contributed by atoms with Crippen molar-refractivity contribution in [2.45, 2.75) is 19.1 Å². The van der Waals surface area contributed by atoms with Crippen LogP contribution >= 0.6 is 15.9 Å². The standard InChI is InChI=1S/C13H17BrN2O2/c1-8-5-9(3-4-10(8)14)13(18)16(2)11-6-15-7-12(11)17/h3-5,11-12,15,17H,6-7H2,1-2H3/t11-,12-/m0/s1. The largest absolute Gasteiger partial charge is 0.390 e. The van der Waals surface area contributed by atoms with Crippen molar-refractivity contribution in [1.82, 2.24) is 10.2 Å². The fourth-order valence-electron chi connectivity index (χ4n) is 2.18. The lowest BCUT2D eigenvalue weighted by atomic mass is 10.1. The molecule has 1 aromatic rings. The quantitative estimate of drug-likeness (QED) is 0.861. The Hall–Kier alpha value is -0.910. The second-order valence-electron chi connectivity index (χ2n) is 4.67. The maximum atomic E-state index is 12.3. The molecule has 1 fully saturated rings. The molecule has 1 heterocycles. The Balaban J connectivity index is 2.17. The Morgan fingerprint density at radius 1 is 1.50 bits per heavy atom. The van der Waals surface area contributed by atoms with Crippen molar-refractivity contribution in [3.05, 3.63) is 33.8 Å². The molecule has 18 heavy (non-hydrogen) atoms. The average molecular weight is 313 g/mol. The van der Waals surface area contributed by atoms with Gasteiger partial charge in [-0.3, -0.25) is 4.79 Å². The Morgan fingerprint density at radius 2 is 2.22 bits per heavy atom. The number of aliphatic hydroxyl groups is 1. The first-order valence-corrected chi connectivity index (χ1v) is 6.72. The van der Waals surface area contributed by atoms with Crippen LogP contribution < -0.4 is 5.32 Å². The number of rotatable bonds is 2. The molecule has 4 nitrogen and oxygen atoms in total. The van der Waals surface area contributed by atoms with Crippen LogP contribution in [0.5, 0.6) is 0 Å². The minimum Gasteiger partial charge on any atom is -0.390 e. The van der Waals surface area contributed by atoms with Crippen molar-refractivity contribution in [2.24, 2.45) is 0 Å². The van der Waals surface area contributed by atoms with E-state index in [2.05, 4.69) is 21.2 Å². The molecule has 5 heteroatoms. The van der Waals surface area contributed by atoms with Crippen LogP contribution in [0.3, 0.4) is 0 Å². The van der Waals surface area contributed by atoms with Crippen molar-refractivity contribution in [2.75, 3.05) is 20.1 Å². The average Bonchev–Trinajstić information content (AvgIpc) is 2.77. The zero-order chi connectivity index (χ0) is 13.3. The van der Waals surface area contributed by atoms with E-state index in [0.29, 0.717) is 18.7 Å². The molecule has 0 aliphatic carbocycles. The third kappa shape index (κ3) is 2.58. The number of nitrogens with one attached hydrogen (secondary N) is 1. The van der Waals surface area contributed by atoms with Gasteiger partial charge in [0, 0.05) is 30.2 Å². The number of aryl methyl sites for hydroxylation is 1. The van der Waals surface area contributed by atoms with Gasteiger partial charge in [0.05, 0.1) is 12.1 Å². The van der Waals surface area contributed by atoms with Crippen molar-refractivity contribution < 1.29 is 9.90 Å². The number of β-amino-alcohol motifs (C(OH)–C–C–N with tert-alkyl or cyclic N) is 1. The number of carbonyl (C=O) groups is 1. The molecule has 0 radical (unpaired) electrons. The number of nitrogens with zero attached hydrogens (tertiary/aromatic N) is 1. The van der Waals surface area contributed by atoms with E-state index in [-0.39, 0.29) is 11.9 Å². The van der Waals surface area contributed by atoms with Crippen LogP contribution in [-0.2, 0) is 0 Å². The van der Waals surface area contributed by atoms with Gasteiger partial charge in [0.2, 0.25) is 0 Å². The monoisotopic (exact) mass is 312 g/mol. The van der Waals surface area contributed by atoms with Gasteiger partial charge >= 0.3 is 0 Å². The Kier molecular flexibility index (Phi) is 4.04. The van der Waals surface area contributed by atoms with E-state index in [0.717, 1.165) is 10.0 Å². The number of likely N-dealkylation sites (N-methyl/N-ethyl adjacent to an activating group) is 1. The van der Waals surface area contributed by atoms with Gasteiger partial charge in [0.1, 0.15) is 0 Å². The van der Waals surface area contributed by atoms with Crippen LogP contribution in [0.1, 0.15) is 15.9 Å². The van der Waals surface area contributed by atoms with E-state index in [1.54, 1.807) is 18.0 Å². The highest BCUT2D eigenvalue weighted by Crippen LogP contribution is 2.19. The van der Waals surface area contributed by atoms with E-state index in [1.807, 2.05) is 19.1 Å². The second-order valence-corrected chi connectivity index (χ2v) is 5.53. The molecule has 1 saturated heterocycles. The topological polar surface area (TPSA) is 52.6 Å². The molecule has 1 aliphatic heterocycles. The smallest absolute Gasteiger partial charge is 0.253 e. The highest BCUT2D eigenvalue weighted by atomic mass is 79.9. The van der Waals surface area contributed by atoms with E-state index in [1.165, 1.54) is 0 Å². The molecule has 0 aromatic heterocycles. The highest BCUT2D eigenvalue weighted by Gasteiger charge is 2.31. The summed E-state index contributed by atoms with van der Waals surface area (Å²) in [5.41, 5.74) is 1.68. The van der Waals surface area contributed by atoms with Crippen LogP contribution in [0.4, 0.5) is 0 Å². The minimum atomic E-state index is -0.490. The normalized spacial score (nSPS) is 23.1. The van der Waals surface area contributed by atoms with Gasteiger partial charge in [0.25, 0.3) is 5.91 Å². The minimum absolute atomic E-state index is 0.0571. The maximum absolute atomic E-state index is 12.3. The van der Waals surface area contributed by atoms with Crippen molar-refractivity contribution in [1.29, 1.82) is 0 Å². The molecule has 0 spiro atoms. The summed E-state index contributed by atoms with van der Waals surface area (Å²) >= 11 is 3.42. The lowest BCUT2D eigenvalue weighted by molar-refractivity contribution is 0.0581. The molecular weight excluding hydrogens is 296 g/mol. The first-order chi connectivity index (χ1) is 8.50.